The first-order chi connectivity index (χ1) is 10.1. The molecule has 0 fully saturated rings. The fourth-order valence-corrected chi connectivity index (χ4v) is 2.61. The molecule has 1 aromatic rings. The van der Waals surface area contributed by atoms with Crippen molar-refractivity contribution in [1.29, 1.82) is 0 Å². The van der Waals surface area contributed by atoms with Gasteiger partial charge in [-0.2, -0.15) is 0 Å². The minimum absolute atomic E-state index is 0.0969. The van der Waals surface area contributed by atoms with E-state index in [0.29, 0.717) is 12.1 Å². The maximum Gasteiger partial charge on any atom is 0.264 e. The summed E-state index contributed by atoms with van der Waals surface area (Å²) in [4.78, 5) is 0. The number of aryl methyl sites for hydroxylation is 2. The molecule has 2 N–H and O–H groups in total. The molecular formula is C17H20F2N2. The molecule has 21 heavy (non-hydrogen) atoms. The van der Waals surface area contributed by atoms with Gasteiger partial charge in [-0.25, -0.2) is 8.78 Å². The van der Waals surface area contributed by atoms with Crippen molar-refractivity contribution in [2.75, 3.05) is 11.9 Å². The fraction of sp³-hybridized carbons (Fsp3) is 0.294. The molecule has 0 radical (unpaired) electrons. The van der Waals surface area contributed by atoms with Crippen molar-refractivity contribution in [3.63, 3.8) is 0 Å². The molecule has 0 saturated carbocycles. The summed E-state index contributed by atoms with van der Waals surface area (Å²) < 4.78 is 26.4. The third-order valence-electron chi connectivity index (χ3n) is 3.64. The Kier molecular flexibility index (Phi) is 4.78. The van der Waals surface area contributed by atoms with Crippen LogP contribution in [0.1, 0.15) is 23.6 Å². The molecule has 0 atom stereocenters. The monoisotopic (exact) mass is 290 g/mol. The second kappa shape index (κ2) is 6.57. The summed E-state index contributed by atoms with van der Waals surface area (Å²) in [6.07, 6.45) is 3.03. The third-order valence-corrected chi connectivity index (χ3v) is 3.64. The van der Waals surface area contributed by atoms with Crippen molar-refractivity contribution >= 4 is 11.3 Å². The van der Waals surface area contributed by atoms with Gasteiger partial charge in [0, 0.05) is 17.8 Å². The van der Waals surface area contributed by atoms with Crippen LogP contribution in [0.5, 0.6) is 0 Å². The summed E-state index contributed by atoms with van der Waals surface area (Å²) in [5, 5.41) is 6.14. The van der Waals surface area contributed by atoms with E-state index in [4.69, 9.17) is 0 Å². The predicted molar refractivity (Wildman–Crippen MR) is 84.4 cm³/mol. The van der Waals surface area contributed by atoms with Gasteiger partial charge in [-0.3, -0.25) is 0 Å². The number of halogens is 2. The lowest BCUT2D eigenvalue weighted by atomic mass is 9.93. The first-order valence-corrected chi connectivity index (χ1v) is 7.01. The highest BCUT2D eigenvalue weighted by Crippen LogP contribution is 2.31. The molecule has 0 aliphatic carbocycles. The van der Waals surface area contributed by atoms with Crippen LogP contribution in [0.25, 0.3) is 5.57 Å². The van der Waals surface area contributed by atoms with Gasteiger partial charge in [-0.05, 0) is 66.2 Å². The zero-order valence-electron chi connectivity index (χ0n) is 12.3. The zero-order valence-corrected chi connectivity index (χ0v) is 12.3. The Labute approximate surface area is 124 Å². The van der Waals surface area contributed by atoms with Gasteiger partial charge < -0.3 is 10.6 Å². The number of hydrogen-bond acceptors (Lipinski definition) is 2. The number of rotatable bonds is 5. The highest BCUT2D eigenvalue weighted by atomic mass is 19.3. The largest absolute Gasteiger partial charge is 0.387 e. The molecule has 1 aliphatic rings. The van der Waals surface area contributed by atoms with Gasteiger partial charge in [0.15, 0.2) is 0 Å². The van der Waals surface area contributed by atoms with Gasteiger partial charge >= 0.3 is 0 Å². The summed E-state index contributed by atoms with van der Waals surface area (Å²) in [5.41, 5.74) is 4.75. The average Bonchev–Trinajstić information content (AvgIpc) is 2.49. The average molecular weight is 290 g/mol. The van der Waals surface area contributed by atoms with Crippen molar-refractivity contribution in [2.45, 2.75) is 26.7 Å². The summed E-state index contributed by atoms with van der Waals surface area (Å²) in [7, 11) is 0. The van der Waals surface area contributed by atoms with Crippen LogP contribution in [0.2, 0.25) is 0 Å². The van der Waals surface area contributed by atoms with Crippen LogP contribution in [0.3, 0.4) is 0 Å². The smallest absolute Gasteiger partial charge is 0.264 e. The lowest BCUT2D eigenvalue weighted by molar-refractivity contribution is 0.194. The predicted octanol–water partition coefficient (Wildman–Crippen LogP) is 4.25. The van der Waals surface area contributed by atoms with E-state index in [1.54, 1.807) is 12.4 Å². The highest BCUT2D eigenvalue weighted by molar-refractivity contribution is 5.77. The van der Waals surface area contributed by atoms with E-state index in [2.05, 4.69) is 17.2 Å². The molecule has 1 heterocycles. The molecule has 0 bridgehead atoms. The second-order valence-corrected chi connectivity index (χ2v) is 4.98. The number of dihydropyridines is 1. The molecule has 2 nitrogen and oxygen atoms in total. The quantitative estimate of drug-likeness (QED) is 0.847. The van der Waals surface area contributed by atoms with Crippen LogP contribution in [0.15, 0.2) is 42.8 Å². The highest BCUT2D eigenvalue weighted by Gasteiger charge is 2.19. The number of hydrogen-bond donors (Lipinski definition) is 2. The minimum Gasteiger partial charge on any atom is -0.387 e. The summed E-state index contributed by atoms with van der Waals surface area (Å²) >= 11 is 0. The van der Waals surface area contributed by atoms with Crippen LogP contribution in [0, 0.1) is 6.92 Å². The molecule has 4 heteroatoms. The van der Waals surface area contributed by atoms with E-state index in [-0.39, 0.29) is 5.57 Å². The Morgan fingerprint density at radius 1 is 1.43 bits per heavy atom. The Balaban J connectivity index is 2.56. The number of anilines is 1. The van der Waals surface area contributed by atoms with Gasteiger partial charge in [-0.1, -0.05) is 13.5 Å². The van der Waals surface area contributed by atoms with Crippen LogP contribution in [-0.4, -0.2) is 13.0 Å². The second-order valence-electron chi connectivity index (χ2n) is 4.98. The molecule has 2 rings (SSSR count). The number of nitrogens with one attached hydrogen (secondary N) is 2. The van der Waals surface area contributed by atoms with Crippen molar-refractivity contribution in [3.8, 4) is 0 Å². The Hall–Kier alpha value is -2.10. The van der Waals surface area contributed by atoms with Crippen molar-refractivity contribution in [1.82, 2.24) is 5.32 Å². The summed E-state index contributed by atoms with van der Waals surface area (Å²) in [6, 6.07) is 3.93. The van der Waals surface area contributed by atoms with Gasteiger partial charge in [0.05, 0.1) is 0 Å². The van der Waals surface area contributed by atoms with Crippen LogP contribution in [0.4, 0.5) is 14.5 Å². The van der Waals surface area contributed by atoms with Crippen molar-refractivity contribution in [2.24, 2.45) is 0 Å². The molecule has 0 amide bonds. The summed E-state index contributed by atoms with van der Waals surface area (Å²) in [6.45, 7) is 8.13. The van der Waals surface area contributed by atoms with E-state index >= 15 is 0 Å². The zero-order chi connectivity index (χ0) is 15.4. The van der Waals surface area contributed by atoms with E-state index in [9.17, 15) is 8.78 Å². The Morgan fingerprint density at radius 2 is 2.19 bits per heavy atom. The molecule has 0 spiro atoms. The van der Waals surface area contributed by atoms with E-state index < -0.39 is 6.43 Å². The lowest BCUT2D eigenvalue weighted by Gasteiger charge is -2.20. The van der Waals surface area contributed by atoms with Crippen LogP contribution < -0.4 is 10.6 Å². The topological polar surface area (TPSA) is 24.1 Å². The van der Waals surface area contributed by atoms with E-state index in [0.717, 1.165) is 28.8 Å². The first-order valence-electron chi connectivity index (χ1n) is 7.01. The Morgan fingerprint density at radius 3 is 2.81 bits per heavy atom. The molecule has 112 valence electrons. The molecule has 0 aromatic heterocycles. The first kappa shape index (κ1) is 15.3. The van der Waals surface area contributed by atoms with Gasteiger partial charge in [-0.15, -0.1) is 0 Å². The van der Waals surface area contributed by atoms with E-state index in [1.165, 1.54) is 6.08 Å². The molecular weight excluding hydrogens is 270 g/mol. The maximum atomic E-state index is 13.2. The SMILES string of the molecule is C=CNc1c(C)cc(C2=C(C(F)F)C=CNC2)cc1CC. The Bertz CT molecular complexity index is 601. The van der Waals surface area contributed by atoms with Crippen LogP contribution in [-0.2, 0) is 6.42 Å². The number of benzene rings is 1. The van der Waals surface area contributed by atoms with E-state index in [1.807, 2.05) is 26.0 Å². The van der Waals surface area contributed by atoms with Crippen molar-refractivity contribution < 1.29 is 8.78 Å². The molecule has 0 unspecified atom stereocenters. The fourth-order valence-electron chi connectivity index (χ4n) is 2.61. The number of alkyl halides is 2. The van der Waals surface area contributed by atoms with Gasteiger partial charge in [0.2, 0.25) is 0 Å². The maximum absolute atomic E-state index is 13.2. The molecule has 1 aromatic carbocycles. The summed E-state index contributed by atoms with van der Waals surface area (Å²) in [5.74, 6) is 0. The molecule has 0 saturated heterocycles. The minimum atomic E-state index is -2.46. The third kappa shape index (κ3) is 3.15. The standard InChI is InChI=1S/C17H20F2N2/c1-4-12-9-13(8-11(3)16(12)21-5-2)15-10-20-7-6-14(15)17(18)19/h5-9,17,20-21H,2,4,10H2,1,3H3. The normalized spacial score (nSPS) is 14.3. The van der Waals surface area contributed by atoms with Crippen LogP contribution >= 0.6 is 0 Å². The lowest BCUT2D eigenvalue weighted by Crippen LogP contribution is -2.17. The van der Waals surface area contributed by atoms with Gasteiger partial charge in [0.25, 0.3) is 6.43 Å². The van der Waals surface area contributed by atoms with Crippen molar-refractivity contribution in [3.05, 3.63) is 59.5 Å². The number of allylic oxidation sites excluding steroid dienone is 2. The molecule has 1 aliphatic heterocycles. The van der Waals surface area contributed by atoms with Gasteiger partial charge in [0.1, 0.15) is 0 Å².